The highest BCUT2D eigenvalue weighted by molar-refractivity contribution is 5.79. The Bertz CT molecular complexity index is 755. The molecule has 1 N–H and O–H groups in total. The molecule has 1 aliphatic heterocycles. The fraction of sp³-hybridized carbons (Fsp3) is 0.381. The molecule has 5 nitrogen and oxygen atoms in total. The van der Waals surface area contributed by atoms with E-state index in [4.69, 9.17) is 14.2 Å². The maximum atomic E-state index is 12.5. The molecule has 0 radical (unpaired) electrons. The monoisotopic (exact) mass is 355 g/mol. The van der Waals surface area contributed by atoms with Crippen molar-refractivity contribution in [3.8, 4) is 17.2 Å². The van der Waals surface area contributed by atoms with Crippen LogP contribution in [0.1, 0.15) is 25.0 Å². The summed E-state index contributed by atoms with van der Waals surface area (Å²) in [5.41, 5.74) is 2.04. The summed E-state index contributed by atoms with van der Waals surface area (Å²) in [4.78, 5) is 12.5. The van der Waals surface area contributed by atoms with Crippen LogP contribution in [0.5, 0.6) is 17.2 Å². The standard InChI is InChI=1S/C21H25NO4/c1-14(2)26-18-6-4-15(5-7-18)12-22-21(23)17-10-16-11-19(24-3)8-9-20(16)25-13-17/h4-9,11,14,17H,10,12-13H2,1-3H3,(H,22,23)/t17-/m0/s1. The van der Waals surface area contributed by atoms with Gasteiger partial charge in [0.1, 0.15) is 23.9 Å². The number of methoxy groups -OCH3 is 1. The van der Waals surface area contributed by atoms with E-state index in [0.29, 0.717) is 19.6 Å². The van der Waals surface area contributed by atoms with Gasteiger partial charge in [0.05, 0.1) is 19.1 Å². The zero-order chi connectivity index (χ0) is 18.5. The van der Waals surface area contributed by atoms with Gasteiger partial charge >= 0.3 is 0 Å². The Morgan fingerprint density at radius 2 is 1.92 bits per heavy atom. The molecule has 0 unspecified atom stereocenters. The van der Waals surface area contributed by atoms with Crippen LogP contribution in [0.3, 0.4) is 0 Å². The van der Waals surface area contributed by atoms with Gasteiger partial charge in [0.15, 0.2) is 0 Å². The summed E-state index contributed by atoms with van der Waals surface area (Å²) in [5.74, 6) is 2.24. The van der Waals surface area contributed by atoms with E-state index in [1.807, 2.05) is 56.3 Å². The molecule has 0 bridgehead atoms. The predicted octanol–water partition coefficient (Wildman–Crippen LogP) is 3.35. The minimum absolute atomic E-state index is 0.000904. The normalized spacial score (nSPS) is 15.8. The van der Waals surface area contributed by atoms with Crippen LogP contribution < -0.4 is 19.5 Å². The second-order valence-electron chi connectivity index (χ2n) is 6.71. The fourth-order valence-corrected chi connectivity index (χ4v) is 2.96. The van der Waals surface area contributed by atoms with Crippen molar-refractivity contribution in [2.45, 2.75) is 32.9 Å². The van der Waals surface area contributed by atoms with Crippen molar-refractivity contribution in [2.24, 2.45) is 5.92 Å². The summed E-state index contributed by atoms with van der Waals surface area (Å²) >= 11 is 0. The van der Waals surface area contributed by atoms with Gasteiger partial charge in [-0.25, -0.2) is 0 Å². The largest absolute Gasteiger partial charge is 0.497 e. The van der Waals surface area contributed by atoms with Crippen LogP contribution in [0.15, 0.2) is 42.5 Å². The summed E-state index contributed by atoms with van der Waals surface area (Å²) in [6, 6.07) is 13.5. The highest BCUT2D eigenvalue weighted by Crippen LogP contribution is 2.30. The van der Waals surface area contributed by atoms with Crippen molar-refractivity contribution in [3.63, 3.8) is 0 Å². The summed E-state index contributed by atoms with van der Waals surface area (Å²) in [5, 5.41) is 3.00. The van der Waals surface area contributed by atoms with Crippen LogP contribution in [-0.2, 0) is 17.8 Å². The van der Waals surface area contributed by atoms with E-state index in [1.54, 1.807) is 7.11 Å². The van der Waals surface area contributed by atoms with Crippen molar-refractivity contribution in [3.05, 3.63) is 53.6 Å². The third-order valence-electron chi connectivity index (χ3n) is 4.31. The van der Waals surface area contributed by atoms with E-state index < -0.39 is 0 Å². The number of rotatable bonds is 6. The Hall–Kier alpha value is -2.69. The third-order valence-corrected chi connectivity index (χ3v) is 4.31. The number of carbonyl (C=O) groups excluding carboxylic acids is 1. The first-order chi connectivity index (χ1) is 12.5. The van der Waals surface area contributed by atoms with Gasteiger partial charge in [-0.1, -0.05) is 12.1 Å². The number of ether oxygens (including phenoxy) is 3. The first-order valence-electron chi connectivity index (χ1n) is 8.88. The summed E-state index contributed by atoms with van der Waals surface area (Å²) in [6.07, 6.45) is 0.799. The summed E-state index contributed by atoms with van der Waals surface area (Å²) in [7, 11) is 1.63. The molecule has 0 saturated heterocycles. The molecule has 0 saturated carbocycles. The van der Waals surface area contributed by atoms with Gasteiger partial charge in [-0.2, -0.15) is 0 Å². The Morgan fingerprint density at radius 1 is 1.19 bits per heavy atom. The van der Waals surface area contributed by atoms with Crippen molar-refractivity contribution in [1.82, 2.24) is 5.32 Å². The summed E-state index contributed by atoms with van der Waals surface area (Å²) in [6.45, 7) is 4.87. The second-order valence-corrected chi connectivity index (χ2v) is 6.71. The van der Waals surface area contributed by atoms with Gasteiger partial charge in [-0.3, -0.25) is 4.79 Å². The Labute approximate surface area is 154 Å². The van der Waals surface area contributed by atoms with Gasteiger partial charge in [0, 0.05) is 6.54 Å². The van der Waals surface area contributed by atoms with Crippen molar-refractivity contribution in [2.75, 3.05) is 13.7 Å². The SMILES string of the molecule is COc1ccc2c(c1)C[C@H](C(=O)NCc1ccc(OC(C)C)cc1)CO2. The van der Waals surface area contributed by atoms with Crippen molar-refractivity contribution < 1.29 is 19.0 Å². The lowest BCUT2D eigenvalue weighted by molar-refractivity contribution is -0.126. The zero-order valence-electron chi connectivity index (χ0n) is 15.5. The highest BCUT2D eigenvalue weighted by Gasteiger charge is 2.26. The molecule has 1 amide bonds. The Balaban J connectivity index is 1.55. The van der Waals surface area contributed by atoms with Gasteiger partial charge < -0.3 is 19.5 Å². The number of carbonyl (C=O) groups is 1. The number of nitrogens with one attached hydrogen (secondary N) is 1. The van der Waals surface area contributed by atoms with Gasteiger partial charge in [0.25, 0.3) is 0 Å². The molecule has 1 atom stereocenters. The van der Waals surface area contributed by atoms with E-state index in [2.05, 4.69) is 5.32 Å². The predicted molar refractivity (Wildman–Crippen MR) is 99.7 cm³/mol. The molecule has 0 aromatic heterocycles. The number of hydrogen-bond acceptors (Lipinski definition) is 4. The zero-order valence-corrected chi connectivity index (χ0v) is 15.5. The first kappa shape index (κ1) is 18.1. The van der Waals surface area contributed by atoms with E-state index in [0.717, 1.165) is 28.4 Å². The van der Waals surface area contributed by atoms with Crippen LogP contribution in [0.4, 0.5) is 0 Å². The number of amides is 1. The summed E-state index contributed by atoms with van der Waals surface area (Å²) < 4.78 is 16.6. The fourth-order valence-electron chi connectivity index (χ4n) is 2.96. The number of fused-ring (bicyclic) bond motifs is 1. The smallest absolute Gasteiger partial charge is 0.227 e. The lowest BCUT2D eigenvalue weighted by atomic mass is 9.95. The van der Waals surface area contributed by atoms with E-state index in [9.17, 15) is 4.79 Å². The topological polar surface area (TPSA) is 56.8 Å². The highest BCUT2D eigenvalue weighted by atomic mass is 16.5. The molecule has 2 aromatic rings. The van der Waals surface area contributed by atoms with Crippen LogP contribution in [0, 0.1) is 5.92 Å². The van der Waals surface area contributed by atoms with Crippen molar-refractivity contribution >= 4 is 5.91 Å². The lowest BCUT2D eigenvalue weighted by Crippen LogP contribution is -2.37. The van der Waals surface area contributed by atoms with Crippen LogP contribution >= 0.6 is 0 Å². The number of benzene rings is 2. The van der Waals surface area contributed by atoms with Crippen LogP contribution in [0.2, 0.25) is 0 Å². The van der Waals surface area contributed by atoms with Crippen molar-refractivity contribution in [1.29, 1.82) is 0 Å². The molecular formula is C21H25NO4. The average Bonchev–Trinajstić information content (AvgIpc) is 2.65. The minimum Gasteiger partial charge on any atom is -0.497 e. The molecule has 138 valence electrons. The first-order valence-corrected chi connectivity index (χ1v) is 8.88. The van der Waals surface area contributed by atoms with E-state index in [1.165, 1.54) is 0 Å². The molecule has 0 fully saturated rings. The van der Waals surface area contributed by atoms with E-state index in [-0.39, 0.29) is 17.9 Å². The Kier molecular flexibility index (Phi) is 5.66. The van der Waals surface area contributed by atoms with Gasteiger partial charge in [-0.05, 0) is 61.7 Å². The average molecular weight is 355 g/mol. The molecule has 2 aromatic carbocycles. The van der Waals surface area contributed by atoms with E-state index >= 15 is 0 Å². The molecule has 26 heavy (non-hydrogen) atoms. The number of hydrogen-bond donors (Lipinski definition) is 1. The minimum atomic E-state index is -0.196. The third kappa shape index (κ3) is 4.48. The second kappa shape index (κ2) is 8.13. The molecular weight excluding hydrogens is 330 g/mol. The van der Waals surface area contributed by atoms with Gasteiger partial charge in [-0.15, -0.1) is 0 Å². The van der Waals surface area contributed by atoms with Crippen LogP contribution in [-0.4, -0.2) is 25.7 Å². The van der Waals surface area contributed by atoms with Gasteiger partial charge in [0.2, 0.25) is 5.91 Å². The quantitative estimate of drug-likeness (QED) is 0.863. The lowest BCUT2D eigenvalue weighted by Gasteiger charge is -2.25. The maximum absolute atomic E-state index is 12.5. The molecule has 1 aliphatic rings. The molecule has 0 aliphatic carbocycles. The van der Waals surface area contributed by atoms with Crippen LogP contribution in [0.25, 0.3) is 0 Å². The molecule has 0 spiro atoms. The Morgan fingerprint density at radius 3 is 2.62 bits per heavy atom. The molecule has 1 heterocycles. The maximum Gasteiger partial charge on any atom is 0.227 e. The molecule has 3 rings (SSSR count). The molecule has 5 heteroatoms.